The number of hydrogen-bond acceptors (Lipinski definition) is 4. The zero-order chi connectivity index (χ0) is 18.5. The number of carboxylic acid groups (broad SMARTS) is 1. The van der Waals surface area contributed by atoms with Gasteiger partial charge in [0.1, 0.15) is 0 Å². The highest BCUT2D eigenvalue weighted by Gasteiger charge is 2.34. The van der Waals surface area contributed by atoms with Gasteiger partial charge in [0.2, 0.25) is 5.91 Å². The van der Waals surface area contributed by atoms with Gasteiger partial charge in [-0.1, -0.05) is 18.2 Å². The van der Waals surface area contributed by atoms with Crippen molar-refractivity contribution >= 4 is 23.5 Å². The maximum Gasteiger partial charge on any atom is 0.307 e. The van der Waals surface area contributed by atoms with Gasteiger partial charge < -0.3 is 20.1 Å². The van der Waals surface area contributed by atoms with Crippen LogP contribution >= 0.6 is 0 Å². The fourth-order valence-corrected chi connectivity index (χ4v) is 3.29. The van der Waals surface area contributed by atoms with Crippen LogP contribution in [0.1, 0.15) is 23.2 Å². The van der Waals surface area contributed by atoms with Gasteiger partial charge in [-0.25, -0.2) is 0 Å². The third-order valence-electron chi connectivity index (χ3n) is 4.76. The third kappa shape index (κ3) is 4.11. The van der Waals surface area contributed by atoms with E-state index in [9.17, 15) is 19.5 Å². The van der Waals surface area contributed by atoms with E-state index in [0.29, 0.717) is 50.4 Å². The Morgan fingerprint density at radius 1 is 1.08 bits per heavy atom. The largest absolute Gasteiger partial charge is 0.481 e. The highest BCUT2D eigenvalue weighted by atomic mass is 16.5. The van der Waals surface area contributed by atoms with Crippen molar-refractivity contribution in [2.45, 2.75) is 12.8 Å². The normalized spacial score (nSPS) is 22.7. The molecule has 1 saturated heterocycles. The van der Waals surface area contributed by atoms with Gasteiger partial charge >= 0.3 is 5.97 Å². The van der Waals surface area contributed by atoms with Gasteiger partial charge in [0.05, 0.1) is 25.0 Å². The van der Waals surface area contributed by atoms with Crippen LogP contribution in [0, 0.1) is 11.8 Å². The molecule has 26 heavy (non-hydrogen) atoms. The van der Waals surface area contributed by atoms with E-state index in [1.165, 1.54) is 0 Å². The number of carbonyl (C=O) groups is 3. The SMILES string of the molecule is O=C(O)[C@@H]1CC=CC[C@H]1C(=O)Nc1cccc(C(=O)N2CCOCC2)c1. The Kier molecular flexibility index (Phi) is 5.68. The number of nitrogens with zero attached hydrogens (tertiary/aromatic N) is 1. The summed E-state index contributed by atoms with van der Waals surface area (Å²) in [5, 5.41) is 12.1. The van der Waals surface area contributed by atoms with Crippen molar-refractivity contribution in [1.29, 1.82) is 0 Å². The van der Waals surface area contributed by atoms with Crippen LogP contribution in [-0.4, -0.2) is 54.1 Å². The average Bonchev–Trinajstić information content (AvgIpc) is 2.68. The molecule has 1 aliphatic heterocycles. The van der Waals surface area contributed by atoms with Crippen LogP contribution in [0.3, 0.4) is 0 Å². The first-order valence-corrected chi connectivity index (χ1v) is 8.72. The number of hydrogen-bond donors (Lipinski definition) is 2. The molecule has 2 N–H and O–H groups in total. The zero-order valence-corrected chi connectivity index (χ0v) is 14.4. The molecule has 0 unspecified atom stereocenters. The van der Waals surface area contributed by atoms with Crippen molar-refractivity contribution < 1.29 is 24.2 Å². The Morgan fingerprint density at radius 2 is 1.77 bits per heavy atom. The highest BCUT2D eigenvalue weighted by molar-refractivity contribution is 5.98. The van der Waals surface area contributed by atoms with Gasteiger partial charge in [0.25, 0.3) is 5.91 Å². The lowest BCUT2D eigenvalue weighted by molar-refractivity contribution is -0.146. The Hall–Kier alpha value is -2.67. The van der Waals surface area contributed by atoms with E-state index in [-0.39, 0.29) is 11.8 Å². The van der Waals surface area contributed by atoms with Crippen LogP contribution in [-0.2, 0) is 14.3 Å². The number of benzene rings is 1. The summed E-state index contributed by atoms with van der Waals surface area (Å²) in [4.78, 5) is 38.2. The number of anilines is 1. The molecule has 1 heterocycles. The quantitative estimate of drug-likeness (QED) is 0.800. The molecule has 0 saturated carbocycles. The molecule has 7 heteroatoms. The molecule has 2 aliphatic rings. The molecule has 3 rings (SSSR count). The Labute approximate surface area is 151 Å². The van der Waals surface area contributed by atoms with E-state index in [2.05, 4.69) is 5.32 Å². The van der Waals surface area contributed by atoms with Crippen molar-refractivity contribution in [2.75, 3.05) is 31.6 Å². The molecular weight excluding hydrogens is 336 g/mol. The van der Waals surface area contributed by atoms with Crippen LogP contribution < -0.4 is 5.32 Å². The number of nitrogens with one attached hydrogen (secondary N) is 1. The number of morpholine rings is 1. The number of carboxylic acids is 1. The second-order valence-corrected chi connectivity index (χ2v) is 6.47. The highest BCUT2D eigenvalue weighted by Crippen LogP contribution is 2.27. The summed E-state index contributed by atoms with van der Waals surface area (Å²) in [6.45, 7) is 2.14. The van der Waals surface area contributed by atoms with Gasteiger partial charge in [-0.2, -0.15) is 0 Å². The summed E-state index contributed by atoms with van der Waals surface area (Å²) in [6.07, 6.45) is 4.38. The molecule has 2 atom stereocenters. The van der Waals surface area contributed by atoms with Crippen molar-refractivity contribution in [3.05, 3.63) is 42.0 Å². The molecular formula is C19H22N2O5. The van der Waals surface area contributed by atoms with Crippen LogP contribution in [0.15, 0.2) is 36.4 Å². The fourth-order valence-electron chi connectivity index (χ4n) is 3.29. The molecule has 7 nitrogen and oxygen atoms in total. The minimum atomic E-state index is -0.967. The maximum atomic E-state index is 12.6. The summed E-state index contributed by atoms with van der Waals surface area (Å²) in [5.41, 5.74) is 0.982. The Morgan fingerprint density at radius 3 is 2.46 bits per heavy atom. The monoisotopic (exact) mass is 358 g/mol. The summed E-state index contributed by atoms with van der Waals surface area (Å²) in [6, 6.07) is 6.74. The van der Waals surface area contributed by atoms with Crippen molar-refractivity contribution in [3.63, 3.8) is 0 Å². The van der Waals surface area contributed by atoms with Crippen LogP contribution in [0.2, 0.25) is 0 Å². The lowest BCUT2D eigenvalue weighted by Gasteiger charge is -2.27. The van der Waals surface area contributed by atoms with E-state index in [1.54, 1.807) is 35.2 Å². The van der Waals surface area contributed by atoms with Gasteiger partial charge in [-0.05, 0) is 31.0 Å². The Balaban J connectivity index is 1.70. The molecule has 138 valence electrons. The average molecular weight is 358 g/mol. The first-order valence-electron chi connectivity index (χ1n) is 8.72. The molecule has 2 amide bonds. The van der Waals surface area contributed by atoms with E-state index in [4.69, 9.17) is 4.74 Å². The molecule has 0 spiro atoms. The first kappa shape index (κ1) is 18.1. The Bertz CT molecular complexity index is 724. The molecule has 0 radical (unpaired) electrons. The molecule has 1 aliphatic carbocycles. The lowest BCUT2D eigenvalue weighted by atomic mass is 9.82. The maximum absolute atomic E-state index is 12.6. The van der Waals surface area contributed by atoms with Crippen LogP contribution in [0.5, 0.6) is 0 Å². The number of aliphatic carboxylic acids is 1. The number of rotatable bonds is 4. The second kappa shape index (κ2) is 8.14. The standard InChI is InChI=1S/C19H22N2O5/c22-17(15-6-1-2-7-16(15)19(24)25)20-14-5-3-4-13(12-14)18(23)21-8-10-26-11-9-21/h1-5,12,15-16H,6-11H2,(H,20,22)(H,24,25)/t15-,16-/m1/s1. The molecule has 1 aromatic rings. The van der Waals surface area contributed by atoms with E-state index in [1.807, 2.05) is 6.08 Å². The number of carbonyl (C=O) groups excluding carboxylic acids is 2. The van der Waals surface area contributed by atoms with E-state index >= 15 is 0 Å². The molecule has 1 aromatic carbocycles. The number of amides is 2. The van der Waals surface area contributed by atoms with Gasteiger partial charge in [-0.15, -0.1) is 0 Å². The van der Waals surface area contributed by atoms with Crippen LogP contribution in [0.25, 0.3) is 0 Å². The van der Waals surface area contributed by atoms with Gasteiger partial charge in [0, 0.05) is 24.3 Å². The summed E-state index contributed by atoms with van der Waals surface area (Å²) < 4.78 is 5.25. The molecule has 0 aromatic heterocycles. The topological polar surface area (TPSA) is 95.9 Å². The smallest absolute Gasteiger partial charge is 0.307 e. The summed E-state index contributed by atoms with van der Waals surface area (Å²) >= 11 is 0. The number of allylic oxidation sites excluding steroid dienone is 2. The van der Waals surface area contributed by atoms with Crippen molar-refractivity contribution in [3.8, 4) is 0 Å². The van der Waals surface area contributed by atoms with Crippen molar-refractivity contribution in [1.82, 2.24) is 4.90 Å². The fraction of sp³-hybridized carbons (Fsp3) is 0.421. The third-order valence-corrected chi connectivity index (χ3v) is 4.76. The van der Waals surface area contributed by atoms with E-state index in [0.717, 1.165) is 0 Å². The van der Waals surface area contributed by atoms with Gasteiger partial charge in [0.15, 0.2) is 0 Å². The zero-order valence-electron chi connectivity index (χ0n) is 14.4. The van der Waals surface area contributed by atoms with E-state index < -0.39 is 17.8 Å². The predicted molar refractivity (Wildman–Crippen MR) is 94.8 cm³/mol. The number of ether oxygens (including phenoxy) is 1. The van der Waals surface area contributed by atoms with Crippen LogP contribution in [0.4, 0.5) is 5.69 Å². The predicted octanol–water partition coefficient (Wildman–Crippen LogP) is 1.76. The summed E-state index contributed by atoms with van der Waals surface area (Å²) in [7, 11) is 0. The second-order valence-electron chi connectivity index (χ2n) is 6.47. The molecule has 1 fully saturated rings. The summed E-state index contributed by atoms with van der Waals surface area (Å²) in [5.74, 6) is -2.74. The first-order chi connectivity index (χ1) is 12.6. The molecule has 0 bridgehead atoms. The van der Waals surface area contributed by atoms with Gasteiger partial charge in [-0.3, -0.25) is 14.4 Å². The minimum absolute atomic E-state index is 0.103. The van der Waals surface area contributed by atoms with Crippen molar-refractivity contribution in [2.24, 2.45) is 11.8 Å². The minimum Gasteiger partial charge on any atom is -0.481 e. The lowest BCUT2D eigenvalue weighted by Crippen LogP contribution is -2.40.